The number of Topliss-reactive ketones (excluding diaryl/α,β-unsaturated/α-hetero) is 1. The van der Waals surface area contributed by atoms with Crippen LogP contribution < -0.4 is 0 Å². The molecule has 108 valence electrons. The molecule has 1 saturated heterocycles. The quantitative estimate of drug-likeness (QED) is 0.784. The van der Waals surface area contributed by atoms with E-state index in [-0.39, 0.29) is 0 Å². The van der Waals surface area contributed by atoms with Crippen molar-refractivity contribution in [1.82, 2.24) is 4.90 Å². The minimum atomic E-state index is 0.297. The summed E-state index contributed by atoms with van der Waals surface area (Å²) in [5.74, 6) is 2.03. The van der Waals surface area contributed by atoms with Crippen LogP contribution in [0.15, 0.2) is 12.1 Å². The summed E-state index contributed by atoms with van der Waals surface area (Å²) in [6.45, 7) is 9.14. The molecule has 0 aromatic heterocycles. The van der Waals surface area contributed by atoms with Crippen molar-refractivity contribution in [1.29, 1.82) is 0 Å². The summed E-state index contributed by atoms with van der Waals surface area (Å²) in [7, 11) is 0. The second-order valence-corrected chi connectivity index (χ2v) is 6.82. The van der Waals surface area contributed by atoms with Crippen molar-refractivity contribution in [3.05, 3.63) is 34.4 Å². The monoisotopic (exact) mass is 271 g/mol. The van der Waals surface area contributed by atoms with Gasteiger partial charge in [0.25, 0.3) is 0 Å². The smallest absolute Gasteiger partial charge is 0.177 e. The lowest BCUT2D eigenvalue weighted by molar-refractivity contribution is 0.0940. The topological polar surface area (TPSA) is 20.3 Å². The highest BCUT2D eigenvalue weighted by Gasteiger charge is 2.36. The van der Waals surface area contributed by atoms with Gasteiger partial charge in [-0.25, -0.2) is 0 Å². The van der Waals surface area contributed by atoms with Gasteiger partial charge in [-0.15, -0.1) is 0 Å². The van der Waals surface area contributed by atoms with Gasteiger partial charge in [0, 0.05) is 18.7 Å². The first-order chi connectivity index (χ1) is 9.54. The average Bonchev–Trinajstić information content (AvgIpc) is 2.94. The molecular formula is C18H25NO. The van der Waals surface area contributed by atoms with Crippen LogP contribution in [0.5, 0.6) is 0 Å². The van der Waals surface area contributed by atoms with Gasteiger partial charge in [0.15, 0.2) is 5.78 Å². The fourth-order valence-electron chi connectivity index (χ4n) is 4.01. The highest BCUT2D eigenvalue weighted by atomic mass is 16.1. The first-order valence-electron chi connectivity index (χ1n) is 7.88. The molecule has 2 heteroatoms. The first kappa shape index (κ1) is 13.8. The molecule has 1 aromatic carbocycles. The fourth-order valence-corrected chi connectivity index (χ4v) is 4.01. The summed E-state index contributed by atoms with van der Waals surface area (Å²) in [6, 6.07) is 4.21. The van der Waals surface area contributed by atoms with Crippen LogP contribution in [0, 0.1) is 32.6 Å². The van der Waals surface area contributed by atoms with Gasteiger partial charge in [-0.1, -0.05) is 12.5 Å². The van der Waals surface area contributed by atoms with Crippen molar-refractivity contribution >= 4 is 5.78 Å². The average molecular weight is 271 g/mol. The van der Waals surface area contributed by atoms with Crippen LogP contribution in [0.1, 0.15) is 46.3 Å². The Morgan fingerprint density at radius 3 is 2.30 bits per heavy atom. The normalized spacial score (nSPS) is 25.9. The summed E-state index contributed by atoms with van der Waals surface area (Å²) >= 11 is 0. The zero-order valence-electron chi connectivity index (χ0n) is 12.9. The van der Waals surface area contributed by atoms with Gasteiger partial charge in [-0.05, 0) is 68.2 Å². The van der Waals surface area contributed by atoms with Crippen molar-refractivity contribution in [3.8, 4) is 0 Å². The molecule has 2 aliphatic rings. The van der Waals surface area contributed by atoms with Crippen LogP contribution >= 0.6 is 0 Å². The molecule has 0 spiro atoms. The number of fused-ring (bicyclic) bond motifs is 1. The van der Waals surface area contributed by atoms with E-state index in [9.17, 15) is 4.79 Å². The number of carbonyl (C=O) groups is 1. The van der Waals surface area contributed by atoms with Crippen molar-refractivity contribution in [2.75, 3.05) is 19.6 Å². The molecule has 2 nitrogen and oxygen atoms in total. The maximum absolute atomic E-state index is 12.6. The van der Waals surface area contributed by atoms with E-state index in [1.807, 2.05) is 0 Å². The van der Waals surface area contributed by atoms with E-state index >= 15 is 0 Å². The zero-order valence-corrected chi connectivity index (χ0v) is 12.9. The Bertz CT molecular complexity index is 522. The molecule has 1 aromatic rings. The van der Waals surface area contributed by atoms with Crippen molar-refractivity contribution in [2.24, 2.45) is 11.8 Å². The molecule has 0 amide bonds. The van der Waals surface area contributed by atoms with Gasteiger partial charge in [0.05, 0.1) is 6.54 Å². The molecule has 0 radical (unpaired) electrons. The minimum Gasteiger partial charge on any atom is -0.295 e. The molecule has 1 heterocycles. The van der Waals surface area contributed by atoms with E-state index in [1.54, 1.807) is 0 Å². The Morgan fingerprint density at radius 1 is 1.05 bits per heavy atom. The maximum Gasteiger partial charge on any atom is 0.177 e. The number of benzene rings is 1. The Labute approximate surface area is 122 Å². The third-order valence-electron chi connectivity index (χ3n) is 5.31. The molecule has 1 aliphatic carbocycles. The zero-order chi connectivity index (χ0) is 14.3. The Morgan fingerprint density at radius 2 is 1.65 bits per heavy atom. The third-order valence-corrected chi connectivity index (χ3v) is 5.31. The first-order valence-corrected chi connectivity index (χ1v) is 7.88. The van der Waals surface area contributed by atoms with E-state index in [0.29, 0.717) is 12.3 Å². The van der Waals surface area contributed by atoms with Crippen molar-refractivity contribution < 1.29 is 4.79 Å². The van der Waals surface area contributed by atoms with E-state index in [4.69, 9.17) is 0 Å². The Hall–Kier alpha value is -1.15. The van der Waals surface area contributed by atoms with Gasteiger partial charge in [0.2, 0.25) is 0 Å². The van der Waals surface area contributed by atoms with Gasteiger partial charge in [-0.2, -0.15) is 0 Å². The molecule has 1 aliphatic heterocycles. The predicted octanol–water partition coefficient (Wildman–Crippen LogP) is 3.53. The van der Waals surface area contributed by atoms with Gasteiger partial charge in [0.1, 0.15) is 0 Å². The molecule has 3 rings (SSSR count). The van der Waals surface area contributed by atoms with Crippen LogP contribution in [0.25, 0.3) is 0 Å². The molecule has 2 unspecified atom stereocenters. The van der Waals surface area contributed by atoms with E-state index in [0.717, 1.165) is 36.1 Å². The summed E-state index contributed by atoms with van der Waals surface area (Å²) in [5.41, 5.74) is 4.54. The van der Waals surface area contributed by atoms with Gasteiger partial charge in [-0.3, -0.25) is 9.69 Å². The lowest BCUT2D eigenvalue weighted by Gasteiger charge is -2.17. The maximum atomic E-state index is 12.6. The number of nitrogens with zero attached hydrogens (tertiary/aromatic N) is 1. The number of likely N-dealkylation sites (tertiary alicyclic amines) is 1. The predicted molar refractivity (Wildman–Crippen MR) is 82.3 cm³/mol. The molecule has 2 fully saturated rings. The number of rotatable bonds is 3. The van der Waals surface area contributed by atoms with Crippen molar-refractivity contribution in [3.63, 3.8) is 0 Å². The highest BCUT2D eigenvalue weighted by Crippen LogP contribution is 2.37. The molecule has 2 atom stereocenters. The number of carbonyl (C=O) groups excluding carboxylic acids is 1. The van der Waals surface area contributed by atoms with E-state index in [1.165, 1.54) is 30.4 Å². The van der Waals surface area contributed by atoms with Crippen LogP contribution in [-0.2, 0) is 0 Å². The summed E-state index contributed by atoms with van der Waals surface area (Å²) in [5, 5.41) is 0. The van der Waals surface area contributed by atoms with Crippen molar-refractivity contribution in [2.45, 2.75) is 40.0 Å². The highest BCUT2D eigenvalue weighted by molar-refractivity contribution is 5.99. The minimum absolute atomic E-state index is 0.297. The van der Waals surface area contributed by atoms with Crippen LogP contribution in [0.3, 0.4) is 0 Å². The molecule has 0 bridgehead atoms. The molecular weight excluding hydrogens is 246 g/mol. The lowest BCUT2D eigenvalue weighted by Crippen LogP contribution is -2.29. The van der Waals surface area contributed by atoms with Crippen LogP contribution in [-0.4, -0.2) is 30.3 Å². The lowest BCUT2D eigenvalue weighted by atomic mass is 9.98. The van der Waals surface area contributed by atoms with Gasteiger partial charge < -0.3 is 0 Å². The summed E-state index contributed by atoms with van der Waals surface area (Å²) < 4.78 is 0. The molecule has 20 heavy (non-hydrogen) atoms. The molecule has 1 saturated carbocycles. The number of hydrogen-bond acceptors (Lipinski definition) is 2. The largest absolute Gasteiger partial charge is 0.295 e. The number of ketones is 1. The fraction of sp³-hybridized carbons (Fsp3) is 0.611. The van der Waals surface area contributed by atoms with Gasteiger partial charge >= 0.3 is 0 Å². The number of aryl methyl sites for hydroxylation is 3. The van der Waals surface area contributed by atoms with Crippen LogP contribution in [0.2, 0.25) is 0 Å². The standard InChI is InChI=1S/C18H25NO/c1-12-7-14(3)17(8-13(12)2)18(20)11-19-9-15-5-4-6-16(15)10-19/h7-8,15-16H,4-6,9-11H2,1-3H3. The summed E-state index contributed by atoms with van der Waals surface area (Å²) in [6.07, 6.45) is 4.14. The summed E-state index contributed by atoms with van der Waals surface area (Å²) in [4.78, 5) is 14.9. The Balaban J connectivity index is 1.69. The van der Waals surface area contributed by atoms with E-state index in [2.05, 4.69) is 37.8 Å². The number of hydrogen-bond donors (Lipinski definition) is 0. The Kier molecular flexibility index (Phi) is 3.68. The van der Waals surface area contributed by atoms with E-state index < -0.39 is 0 Å². The van der Waals surface area contributed by atoms with Crippen LogP contribution in [0.4, 0.5) is 0 Å². The second kappa shape index (κ2) is 5.33. The SMILES string of the molecule is Cc1cc(C)c(C(=O)CN2CC3CCCC3C2)cc1C. The second-order valence-electron chi connectivity index (χ2n) is 6.82. The third kappa shape index (κ3) is 2.54. The molecule has 0 N–H and O–H groups in total.